The zero-order valence-corrected chi connectivity index (χ0v) is 12.1. The Morgan fingerprint density at radius 2 is 2.05 bits per heavy atom. The number of hydrogen-bond acceptors (Lipinski definition) is 3. The van der Waals surface area contributed by atoms with Crippen molar-refractivity contribution in [2.24, 2.45) is 5.92 Å². The van der Waals surface area contributed by atoms with Crippen LogP contribution in [0.25, 0.3) is 0 Å². The third-order valence-electron chi connectivity index (χ3n) is 4.07. The van der Waals surface area contributed by atoms with Gasteiger partial charge in [0.05, 0.1) is 4.90 Å². The van der Waals surface area contributed by atoms with Gasteiger partial charge < -0.3 is 4.90 Å². The molecule has 2 aliphatic rings. The first-order chi connectivity index (χ1) is 9.34. The van der Waals surface area contributed by atoms with Crippen LogP contribution in [0.2, 0.25) is 0 Å². The van der Waals surface area contributed by atoms with Gasteiger partial charge >= 0.3 is 0 Å². The van der Waals surface area contributed by atoms with Crippen molar-refractivity contribution >= 4 is 25.6 Å². The molecule has 2 fully saturated rings. The van der Waals surface area contributed by atoms with E-state index in [0.29, 0.717) is 12.5 Å². The number of halogens is 2. The fraction of sp³-hybridized carbons (Fsp3) is 0.462. The minimum Gasteiger partial charge on any atom is -0.335 e. The number of rotatable bonds is 2. The third kappa shape index (κ3) is 2.42. The van der Waals surface area contributed by atoms with E-state index in [1.807, 2.05) is 0 Å². The molecule has 2 unspecified atom stereocenters. The van der Waals surface area contributed by atoms with E-state index in [4.69, 9.17) is 10.7 Å². The highest BCUT2D eigenvalue weighted by Crippen LogP contribution is 2.38. The second-order valence-electron chi connectivity index (χ2n) is 5.40. The summed E-state index contributed by atoms with van der Waals surface area (Å²) in [6.07, 6.45) is 3.08. The highest BCUT2D eigenvalue weighted by atomic mass is 35.7. The topological polar surface area (TPSA) is 54.5 Å². The highest BCUT2D eigenvalue weighted by Gasteiger charge is 2.40. The maximum Gasteiger partial charge on any atom is 0.261 e. The largest absolute Gasteiger partial charge is 0.335 e. The molecule has 2 atom stereocenters. The zero-order chi connectivity index (χ0) is 14.5. The molecule has 0 radical (unpaired) electrons. The van der Waals surface area contributed by atoms with Gasteiger partial charge in [-0.25, -0.2) is 12.8 Å². The lowest BCUT2D eigenvalue weighted by Gasteiger charge is -2.27. The number of hydrogen-bond donors (Lipinski definition) is 0. The van der Waals surface area contributed by atoms with E-state index >= 15 is 0 Å². The van der Waals surface area contributed by atoms with Crippen molar-refractivity contribution < 1.29 is 17.6 Å². The van der Waals surface area contributed by atoms with Crippen LogP contribution < -0.4 is 0 Å². The number of likely N-dealkylation sites (tertiary alicyclic amines) is 1. The fourth-order valence-corrected chi connectivity index (χ4v) is 3.95. The molecule has 0 spiro atoms. The summed E-state index contributed by atoms with van der Waals surface area (Å²) in [6, 6.07) is 3.21. The quantitative estimate of drug-likeness (QED) is 0.787. The van der Waals surface area contributed by atoms with Gasteiger partial charge in [0.1, 0.15) is 5.82 Å². The Bertz CT molecular complexity index is 676. The standard InChI is InChI=1S/C13H13ClFNO3S/c14-20(18,19)12-5-9(4-10(15)6-12)13(17)16-7-8-1-2-11(16)3-8/h4-6,8,11H,1-3,7H2. The molecule has 0 aromatic heterocycles. The molecule has 108 valence electrons. The van der Waals surface area contributed by atoms with E-state index in [1.165, 1.54) is 0 Å². The van der Waals surface area contributed by atoms with Gasteiger partial charge in [0, 0.05) is 28.8 Å². The highest BCUT2D eigenvalue weighted by molar-refractivity contribution is 8.13. The summed E-state index contributed by atoms with van der Waals surface area (Å²) in [5.41, 5.74) is 0.0387. The van der Waals surface area contributed by atoms with Gasteiger partial charge in [-0.3, -0.25) is 4.79 Å². The van der Waals surface area contributed by atoms with Crippen molar-refractivity contribution in [1.82, 2.24) is 4.90 Å². The summed E-state index contributed by atoms with van der Waals surface area (Å²) in [5, 5.41) is 0. The number of benzene rings is 1. The number of piperidine rings is 1. The van der Waals surface area contributed by atoms with Gasteiger partial charge in [-0.1, -0.05) is 0 Å². The molecule has 1 saturated heterocycles. The number of carbonyl (C=O) groups excluding carboxylic acids is 1. The molecule has 3 rings (SSSR count). The fourth-order valence-electron chi connectivity index (χ4n) is 3.17. The second kappa shape index (κ2) is 4.70. The van der Waals surface area contributed by atoms with Crippen LogP contribution in [-0.2, 0) is 9.05 Å². The van der Waals surface area contributed by atoms with Crippen molar-refractivity contribution in [3.63, 3.8) is 0 Å². The molecule has 20 heavy (non-hydrogen) atoms. The van der Waals surface area contributed by atoms with Crippen LogP contribution >= 0.6 is 10.7 Å². The Morgan fingerprint density at radius 3 is 2.60 bits per heavy atom. The molecule has 1 amide bonds. The van der Waals surface area contributed by atoms with Crippen LogP contribution in [-0.4, -0.2) is 31.8 Å². The monoisotopic (exact) mass is 317 g/mol. The van der Waals surface area contributed by atoms with Gasteiger partial charge in [0.25, 0.3) is 15.0 Å². The maximum absolute atomic E-state index is 13.5. The van der Waals surface area contributed by atoms with Crippen molar-refractivity contribution in [2.75, 3.05) is 6.54 Å². The molecule has 1 saturated carbocycles. The molecule has 1 heterocycles. The van der Waals surface area contributed by atoms with Gasteiger partial charge in [-0.2, -0.15) is 0 Å². The summed E-state index contributed by atoms with van der Waals surface area (Å²) >= 11 is 0. The first-order valence-electron chi connectivity index (χ1n) is 6.41. The van der Waals surface area contributed by atoms with Crippen molar-refractivity contribution in [2.45, 2.75) is 30.2 Å². The van der Waals surface area contributed by atoms with Gasteiger partial charge in [0.15, 0.2) is 0 Å². The van der Waals surface area contributed by atoms with Crippen LogP contribution in [0.1, 0.15) is 29.6 Å². The van der Waals surface area contributed by atoms with E-state index in [0.717, 1.165) is 37.5 Å². The molecule has 1 aliphatic carbocycles. The zero-order valence-electron chi connectivity index (χ0n) is 10.6. The van der Waals surface area contributed by atoms with Crippen molar-refractivity contribution in [3.05, 3.63) is 29.6 Å². The number of fused-ring (bicyclic) bond motifs is 2. The van der Waals surface area contributed by atoms with E-state index in [2.05, 4.69) is 0 Å². The molecule has 4 nitrogen and oxygen atoms in total. The van der Waals surface area contributed by atoms with E-state index in [9.17, 15) is 17.6 Å². The molecule has 1 aromatic rings. The Morgan fingerprint density at radius 1 is 1.30 bits per heavy atom. The SMILES string of the molecule is O=C(c1cc(F)cc(S(=O)(=O)Cl)c1)N1CC2CCC1C2. The van der Waals surface area contributed by atoms with E-state index in [1.54, 1.807) is 4.90 Å². The molecule has 1 aliphatic heterocycles. The number of nitrogens with zero attached hydrogens (tertiary/aromatic N) is 1. The molecule has 1 aromatic carbocycles. The van der Waals surface area contributed by atoms with Crippen LogP contribution in [0.5, 0.6) is 0 Å². The minimum atomic E-state index is -4.05. The summed E-state index contributed by atoms with van der Waals surface area (Å²) in [4.78, 5) is 13.7. The molecule has 7 heteroatoms. The first-order valence-corrected chi connectivity index (χ1v) is 8.72. The molecular weight excluding hydrogens is 305 g/mol. The van der Waals surface area contributed by atoms with Crippen molar-refractivity contribution in [3.8, 4) is 0 Å². The third-order valence-corrected chi connectivity index (χ3v) is 5.40. The Labute approximate surface area is 120 Å². The Balaban J connectivity index is 1.94. The van der Waals surface area contributed by atoms with Gasteiger partial charge in [-0.05, 0) is 43.4 Å². The van der Waals surface area contributed by atoms with Crippen LogP contribution in [0.3, 0.4) is 0 Å². The maximum atomic E-state index is 13.5. The predicted molar refractivity (Wildman–Crippen MR) is 71.6 cm³/mol. The minimum absolute atomic E-state index is 0.0387. The lowest BCUT2D eigenvalue weighted by molar-refractivity contribution is 0.0703. The molecular formula is C13H13ClFNO3S. The summed E-state index contributed by atoms with van der Waals surface area (Å²) in [6.45, 7) is 0.670. The van der Waals surface area contributed by atoms with E-state index in [-0.39, 0.29) is 22.4 Å². The summed E-state index contributed by atoms with van der Waals surface area (Å²) < 4.78 is 36.1. The number of carbonyl (C=O) groups is 1. The predicted octanol–water partition coefficient (Wildman–Crippen LogP) is 2.38. The summed E-state index contributed by atoms with van der Waals surface area (Å²) in [7, 11) is 1.16. The van der Waals surface area contributed by atoms with E-state index < -0.39 is 14.9 Å². The van der Waals surface area contributed by atoms with Crippen molar-refractivity contribution in [1.29, 1.82) is 0 Å². The Kier molecular flexibility index (Phi) is 3.25. The molecule has 0 N–H and O–H groups in total. The number of amides is 1. The normalized spacial score (nSPS) is 25.2. The van der Waals surface area contributed by atoms with Gasteiger partial charge in [0.2, 0.25) is 0 Å². The summed E-state index contributed by atoms with van der Waals surface area (Å²) in [5.74, 6) is -0.577. The average molecular weight is 318 g/mol. The van der Waals surface area contributed by atoms with Crippen LogP contribution in [0.15, 0.2) is 23.1 Å². The lowest BCUT2D eigenvalue weighted by Crippen LogP contribution is -2.37. The van der Waals surface area contributed by atoms with Crippen LogP contribution in [0, 0.1) is 11.7 Å². The Hall–Kier alpha value is -1.14. The lowest BCUT2D eigenvalue weighted by atomic mass is 10.1. The second-order valence-corrected chi connectivity index (χ2v) is 7.97. The first kappa shape index (κ1) is 13.8. The van der Waals surface area contributed by atoms with Crippen LogP contribution in [0.4, 0.5) is 4.39 Å². The smallest absolute Gasteiger partial charge is 0.261 e. The average Bonchev–Trinajstić information content (AvgIpc) is 2.98. The van der Waals surface area contributed by atoms with Gasteiger partial charge in [-0.15, -0.1) is 0 Å². The molecule has 2 bridgehead atoms.